The number of aliphatic carboxylic acids is 1. The lowest BCUT2D eigenvalue weighted by Gasteiger charge is -2.13. The van der Waals surface area contributed by atoms with E-state index >= 15 is 0 Å². The van der Waals surface area contributed by atoms with E-state index in [-0.39, 0.29) is 11.0 Å². The Morgan fingerprint density at radius 1 is 1.67 bits per heavy atom. The predicted molar refractivity (Wildman–Crippen MR) is 58.2 cm³/mol. The first-order valence-electron chi connectivity index (χ1n) is 4.19. The summed E-state index contributed by atoms with van der Waals surface area (Å²) in [5.74, 6) is -1.45. The first-order chi connectivity index (χ1) is 7.04. The van der Waals surface area contributed by atoms with Crippen LogP contribution in [-0.4, -0.2) is 23.7 Å². The van der Waals surface area contributed by atoms with Crippen LogP contribution in [0.4, 0.5) is 10.1 Å². The van der Waals surface area contributed by atoms with Crippen molar-refractivity contribution in [1.29, 1.82) is 0 Å². The Kier molecular flexibility index (Phi) is 4.05. The van der Waals surface area contributed by atoms with Crippen molar-refractivity contribution in [3.8, 4) is 0 Å². The summed E-state index contributed by atoms with van der Waals surface area (Å²) in [6.07, 6.45) is 0. The van der Waals surface area contributed by atoms with Crippen LogP contribution in [0.25, 0.3) is 0 Å². The fourth-order valence-electron chi connectivity index (χ4n) is 1.01. The van der Waals surface area contributed by atoms with Crippen molar-refractivity contribution < 1.29 is 14.3 Å². The van der Waals surface area contributed by atoms with Gasteiger partial charge in [0.1, 0.15) is 11.9 Å². The number of carboxylic acid groups (broad SMARTS) is 1. The topological polar surface area (TPSA) is 75.3 Å². The van der Waals surface area contributed by atoms with Crippen molar-refractivity contribution >= 4 is 27.6 Å². The minimum Gasteiger partial charge on any atom is -0.480 e. The van der Waals surface area contributed by atoms with E-state index < -0.39 is 17.8 Å². The van der Waals surface area contributed by atoms with Gasteiger partial charge in [-0.15, -0.1) is 0 Å². The molecule has 0 heterocycles. The molecule has 0 spiro atoms. The number of halogens is 2. The number of benzene rings is 1. The number of rotatable bonds is 4. The molecular formula is C9H10BrFN2O2. The molecule has 0 aliphatic heterocycles. The molecule has 1 unspecified atom stereocenters. The maximum atomic E-state index is 12.9. The van der Waals surface area contributed by atoms with Crippen molar-refractivity contribution in [2.45, 2.75) is 6.04 Å². The van der Waals surface area contributed by atoms with Crippen molar-refractivity contribution in [2.75, 3.05) is 11.9 Å². The standard InChI is InChI=1S/C9H10BrFN2O2/c10-6-3-5(1-2-7(6)11)13-8(4-12)9(14)15/h1-3,8,13H,4,12H2,(H,14,15). The molecule has 82 valence electrons. The second kappa shape index (κ2) is 5.09. The summed E-state index contributed by atoms with van der Waals surface area (Å²) in [5, 5.41) is 11.4. The lowest BCUT2D eigenvalue weighted by molar-refractivity contribution is -0.137. The van der Waals surface area contributed by atoms with Gasteiger partial charge in [-0.2, -0.15) is 0 Å². The molecule has 0 saturated heterocycles. The average molecular weight is 277 g/mol. The zero-order valence-electron chi connectivity index (χ0n) is 7.71. The van der Waals surface area contributed by atoms with Crippen molar-refractivity contribution in [3.05, 3.63) is 28.5 Å². The van der Waals surface area contributed by atoms with Crippen LogP contribution < -0.4 is 11.1 Å². The summed E-state index contributed by atoms with van der Waals surface area (Å²) in [4.78, 5) is 10.7. The molecule has 15 heavy (non-hydrogen) atoms. The maximum absolute atomic E-state index is 12.9. The van der Waals surface area contributed by atoms with Gasteiger partial charge in [-0.1, -0.05) is 0 Å². The van der Waals surface area contributed by atoms with E-state index in [1.54, 1.807) is 0 Å². The second-order valence-electron chi connectivity index (χ2n) is 2.90. The third-order valence-corrected chi connectivity index (χ3v) is 2.40. The van der Waals surface area contributed by atoms with E-state index in [9.17, 15) is 9.18 Å². The highest BCUT2D eigenvalue weighted by atomic mass is 79.9. The lowest BCUT2D eigenvalue weighted by Crippen LogP contribution is -2.36. The Morgan fingerprint density at radius 2 is 2.33 bits per heavy atom. The molecule has 6 heteroatoms. The Morgan fingerprint density at radius 3 is 2.80 bits per heavy atom. The van der Waals surface area contributed by atoms with Crippen LogP contribution in [0.5, 0.6) is 0 Å². The van der Waals surface area contributed by atoms with Crippen LogP contribution >= 0.6 is 15.9 Å². The number of carboxylic acids is 1. The van der Waals surface area contributed by atoms with E-state index in [1.165, 1.54) is 18.2 Å². The summed E-state index contributed by atoms with van der Waals surface area (Å²) in [5.41, 5.74) is 5.76. The molecule has 0 aliphatic carbocycles. The van der Waals surface area contributed by atoms with Crippen molar-refractivity contribution in [1.82, 2.24) is 0 Å². The van der Waals surface area contributed by atoms with Crippen LogP contribution in [0.2, 0.25) is 0 Å². The molecule has 0 bridgehead atoms. The van der Waals surface area contributed by atoms with Crippen LogP contribution in [0.3, 0.4) is 0 Å². The molecule has 1 aromatic carbocycles. The summed E-state index contributed by atoms with van der Waals surface area (Å²) < 4.78 is 13.1. The predicted octanol–water partition coefficient (Wildman–Crippen LogP) is 1.41. The molecule has 4 nitrogen and oxygen atoms in total. The van der Waals surface area contributed by atoms with Crippen LogP contribution in [0.1, 0.15) is 0 Å². The smallest absolute Gasteiger partial charge is 0.327 e. The van der Waals surface area contributed by atoms with Crippen molar-refractivity contribution in [2.24, 2.45) is 5.73 Å². The van der Waals surface area contributed by atoms with Gasteiger partial charge in [-0.3, -0.25) is 0 Å². The first kappa shape index (κ1) is 11.9. The largest absolute Gasteiger partial charge is 0.480 e. The molecule has 0 aliphatic rings. The number of nitrogens with two attached hydrogens (primary N) is 1. The van der Waals surface area contributed by atoms with Gasteiger partial charge in [0.2, 0.25) is 0 Å². The molecule has 4 N–H and O–H groups in total. The Balaban J connectivity index is 2.80. The summed E-state index contributed by atoms with van der Waals surface area (Å²) in [7, 11) is 0. The molecule has 0 aromatic heterocycles. The summed E-state index contributed by atoms with van der Waals surface area (Å²) in [6, 6.07) is 3.27. The highest BCUT2D eigenvalue weighted by Crippen LogP contribution is 2.20. The SMILES string of the molecule is NCC(Nc1ccc(F)c(Br)c1)C(=O)O. The quantitative estimate of drug-likeness (QED) is 0.777. The van der Waals surface area contributed by atoms with E-state index in [2.05, 4.69) is 21.2 Å². The molecule has 0 radical (unpaired) electrons. The van der Waals surface area contributed by atoms with Crippen LogP contribution in [0, 0.1) is 5.82 Å². The lowest BCUT2D eigenvalue weighted by atomic mass is 10.2. The Labute approximate surface area is 94.4 Å². The fourth-order valence-corrected chi connectivity index (χ4v) is 1.39. The first-order valence-corrected chi connectivity index (χ1v) is 4.98. The van der Waals surface area contributed by atoms with Gasteiger partial charge in [0.05, 0.1) is 4.47 Å². The van der Waals surface area contributed by atoms with Crippen LogP contribution in [0.15, 0.2) is 22.7 Å². The molecule has 1 rings (SSSR count). The van der Waals surface area contributed by atoms with Gasteiger partial charge in [-0.05, 0) is 34.1 Å². The molecular weight excluding hydrogens is 267 g/mol. The van der Waals surface area contributed by atoms with Gasteiger partial charge in [0.25, 0.3) is 0 Å². The number of nitrogens with one attached hydrogen (secondary N) is 1. The minimum absolute atomic E-state index is 0.0374. The number of carbonyl (C=O) groups is 1. The average Bonchev–Trinajstić information content (AvgIpc) is 2.19. The fraction of sp³-hybridized carbons (Fsp3) is 0.222. The minimum atomic E-state index is -1.04. The van der Waals surface area contributed by atoms with Crippen molar-refractivity contribution in [3.63, 3.8) is 0 Å². The zero-order chi connectivity index (χ0) is 11.4. The number of hydrogen-bond acceptors (Lipinski definition) is 3. The van der Waals surface area contributed by atoms with E-state index in [1.807, 2.05) is 0 Å². The normalized spacial score (nSPS) is 12.2. The van der Waals surface area contributed by atoms with Gasteiger partial charge in [0, 0.05) is 12.2 Å². The molecule has 0 amide bonds. The third kappa shape index (κ3) is 3.17. The number of hydrogen-bond donors (Lipinski definition) is 3. The molecule has 0 fully saturated rings. The number of anilines is 1. The van der Waals surface area contributed by atoms with E-state index in [0.717, 1.165) is 0 Å². The summed E-state index contributed by atoms with van der Waals surface area (Å²) >= 11 is 3.00. The van der Waals surface area contributed by atoms with E-state index in [0.29, 0.717) is 5.69 Å². The highest BCUT2D eigenvalue weighted by molar-refractivity contribution is 9.10. The van der Waals surface area contributed by atoms with Gasteiger partial charge >= 0.3 is 5.97 Å². The van der Waals surface area contributed by atoms with Gasteiger partial charge < -0.3 is 16.2 Å². The monoisotopic (exact) mass is 276 g/mol. The molecule has 0 saturated carbocycles. The summed E-state index contributed by atoms with van der Waals surface area (Å²) in [6.45, 7) is -0.0374. The third-order valence-electron chi connectivity index (χ3n) is 1.79. The Bertz CT molecular complexity index is 373. The van der Waals surface area contributed by atoms with Gasteiger partial charge in [-0.25, -0.2) is 9.18 Å². The van der Waals surface area contributed by atoms with Crippen LogP contribution in [-0.2, 0) is 4.79 Å². The second-order valence-corrected chi connectivity index (χ2v) is 3.75. The zero-order valence-corrected chi connectivity index (χ0v) is 9.29. The molecule has 1 atom stereocenters. The molecule has 1 aromatic rings. The van der Waals surface area contributed by atoms with Gasteiger partial charge in [0.15, 0.2) is 0 Å². The maximum Gasteiger partial charge on any atom is 0.327 e. The van der Waals surface area contributed by atoms with E-state index in [4.69, 9.17) is 10.8 Å². The highest BCUT2D eigenvalue weighted by Gasteiger charge is 2.14. The Hall–Kier alpha value is -1.14.